The molecule has 14 nitrogen and oxygen atoms in total. The molecule has 2 heterocycles. The van der Waals surface area contributed by atoms with Gasteiger partial charge in [0.2, 0.25) is 11.8 Å². The van der Waals surface area contributed by atoms with Crippen LogP contribution < -0.4 is 16.0 Å². The molecule has 0 aromatic carbocycles. The van der Waals surface area contributed by atoms with Crippen molar-refractivity contribution in [3.63, 3.8) is 0 Å². The highest BCUT2D eigenvalue weighted by Gasteiger charge is 2.42. The third-order valence-corrected chi connectivity index (χ3v) is 7.86. The van der Waals surface area contributed by atoms with Gasteiger partial charge in [-0.05, 0) is 19.3 Å². The number of fused-ring (bicyclic) bond motifs is 1. The molecule has 0 aromatic heterocycles. The second kappa shape index (κ2) is 19.2. The Morgan fingerprint density at radius 1 is 1.02 bits per heavy atom. The lowest BCUT2D eigenvalue weighted by Crippen LogP contribution is -2.45. The fourth-order valence-corrected chi connectivity index (χ4v) is 5.88. The Labute approximate surface area is 239 Å². The van der Waals surface area contributed by atoms with Gasteiger partial charge < -0.3 is 39.0 Å². The number of amides is 2. The first-order valence-corrected chi connectivity index (χ1v) is 14.6. The van der Waals surface area contributed by atoms with Gasteiger partial charge in [-0.2, -0.15) is 11.8 Å². The highest BCUT2D eigenvalue weighted by molar-refractivity contribution is 8.00. The lowest BCUT2D eigenvalue weighted by molar-refractivity contribution is -0.168. The van der Waals surface area contributed by atoms with Crippen LogP contribution in [0.2, 0.25) is 0 Å². The molecular weight excluding hydrogens is 548 g/mol. The van der Waals surface area contributed by atoms with Crippen LogP contribution in [0.25, 0.3) is 0 Å². The van der Waals surface area contributed by atoms with Crippen molar-refractivity contribution in [1.29, 1.82) is 0 Å². The molecule has 0 aliphatic carbocycles. The molecule has 0 bridgehead atoms. The van der Waals surface area contributed by atoms with E-state index in [2.05, 4.69) is 25.4 Å². The number of nitrogens with one attached hydrogen (secondary N) is 3. The van der Waals surface area contributed by atoms with Crippen LogP contribution in [0.5, 0.6) is 0 Å². The van der Waals surface area contributed by atoms with Gasteiger partial charge >= 0.3 is 11.9 Å². The van der Waals surface area contributed by atoms with Crippen molar-refractivity contribution < 1.29 is 48.0 Å². The molecule has 2 rings (SSSR count). The fraction of sp³-hybridized carbons (Fsp3) is 0.840. The predicted molar refractivity (Wildman–Crippen MR) is 145 cm³/mol. The number of aliphatic hydroxyl groups is 1. The predicted octanol–water partition coefficient (Wildman–Crippen LogP) is -1.06. The molecule has 0 spiro atoms. The minimum Gasteiger partial charge on any atom is -0.465 e. The Morgan fingerprint density at radius 2 is 1.73 bits per heavy atom. The van der Waals surface area contributed by atoms with Crippen LogP contribution in [0.15, 0.2) is 0 Å². The van der Waals surface area contributed by atoms with Crippen molar-refractivity contribution in [2.24, 2.45) is 0 Å². The van der Waals surface area contributed by atoms with E-state index in [0.717, 1.165) is 45.5 Å². The van der Waals surface area contributed by atoms with E-state index >= 15 is 0 Å². The van der Waals surface area contributed by atoms with Crippen molar-refractivity contribution in [2.45, 2.75) is 68.9 Å². The van der Waals surface area contributed by atoms with Crippen LogP contribution in [0.1, 0.15) is 39.0 Å². The van der Waals surface area contributed by atoms with E-state index < -0.39 is 30.4 Å². The molecule has 5 atom stereocenters. The fourth-order valence-electron chi connectivity index (χ4n) is 4.31. The van der Waals surface area contributed by atoms with Crippen LogP contribution in [0, 0.1) is 0 Å². The van der Waals surface area contributed by atoms with Crippen LogP contribution in [0.4, 0.5) is 0 Å². The third-order valence-electron chi connectivity index (χ3n) is 6.35. The molecule has 2 amide bonds. The summed E-state index contributed by atoms with van der Waals surface area (Å²) in [6.45, 7) is 3.03. The summed E-state index contributed by atoms with van der Waals surface area (Å²) in [5.74, 6) is -1.15. The minimum absolute atomic E-state index is 0.136. The average Bonchev–Trinajstić information content (AvgIpc) is 3.47. The Balaban J connectivity index is 1.38. The SMILES string of the molecule is COC(=O)C(NC(=O)COCCOCCOCCCN(C)C(=O)CCCCC1SCC2NC(O)NC21)OC(C)=O. The molecule has 2 fully saturated rings. The molecule has 230 valence electrons. The number of nitrogens with zero attached hydrogens (tertiary/aromatic N) is 1. The zero-order chi connectivity index (χ0) is 29.3. The first kappa shape index (κ1) is 34.2. The van der Waals surface area contributed by atoms with Crippen LogP contribution in [-0.4, -0.2) is 130 Å². The number of hydrogen-bond donors (Lipinski definition) is 4. The standard InChI is InChI=1S/C25H44N4O10S/c1-17(30)39-23(24(33)35-3)27-20(31)15-38-14-13-37-12-11-36-10-6-9-29(2)21(32)8-5-4-7-19-22-18(16-40-19)26-25(34)28-22/h18-19,22-23,25-26,28,34H,4-16H2,1-3H3,(H,27,31). The number of methoxy groups -OCH3 is 1. The van der Waals surface area contributed by atoms with E-state index in [4.69, 9.17) is 14.2 Å². The molecule has 2 aliphatic rings. The maximum Gasteiger partial charge on any atom is 0.368 e. The van der Waals surface area contributed by atoms with Gasteiger partial charge in [-0.3, -0.25) is 25.0 Å². The molecule has 0 radical (unpaired) electrons. The van der Waals surface area contributed by atoms with Gasteiger partial charge in [0.25, 0.3) is 6.23 Å². The number of esters is 2. The molecule has 40 heavy (non-hydrogen) atoms. The first-order chi connectivity index (χ1) is 19.2. The molecule has 0 aromatic rings. The summed E-state index contributed by atoms with van der Waals surface area (Å²) < 4.78 is 25.2. The summed E-state index contributed by atoms with van der Waals surface area (Å²) >= 11 is 1.93. The Hall–Kier alpha value is -2.01. The Bertz CT molecular complexity index is 808. The lowest BCUT2D eigenvalue weighted by atomic mass is 10.0. The Kier molecular flexibility index (Phi) is 16.4. The van der Waals surface area contributed by atoms with Crippen molar-refractivity contribution in [1.82, 2.24) is 20.9 Å². The summed E-state index contributed by atoms with van der Waals surface area (Å²) in [5.41, 5.74) is 0. The zero-order valence-electron chi connectivity index (χ0n) is 23.6. The number of carbonyl (C=O) groups excluding carboxylic acids is 4. The van der Waals surface area contributed by atoms with Crippen molar-refractivity contribution in [3.8, 4) is 0 Å². The molecular formula is C25H44N4O10S. The van der Waals surface area contributed by atoms with Gasteiger partial charge in [-0.25, -0.2) is 4.79 Å². The number of hydrogen-bond acceptors (Lipinski definition) is 13. The summed E-state index contributed by atoms with van der Waals surface area (Å²) in [6, 6.07) is 0.636. The van der Waals surface area contributed by atoms with E-state index in [1.807, 2.05) is 18.8 Å². The summed E-state index contributed by atoms with van der Waals surface area (Å²) in [4.78, 5) is 48.4. The highest BCUT2D eigenvalue weighted by Crippen LogP contribution is 2.33. The molecule has 0 saturated carbocycles. The highest BCUT2D eigenvalue weighted by atomic mass is 32.2. The molecule has 2 aliphatic heterocycles. The Morgan fingerprint density at radius 3 is 2.42 bits per heavy atom. The smallest absolute Gasteiger partial charge is 0.368 e. The topological polar surface area (TPSA) is 174 Å². The van der Waals surface area contributed by atoms with E-state index in [0.29, 0.717) is 50.1 Å². The molecule has 2 saturated heterocycles. The number of thioether (sulfide) groups is 1. The van der Waals surface area contributed by atoms with Crippen LogP contribution in [0.3, 0.4) is 0 Å². The summed E-state index contributed by atoms with van der Waals surface area (Å²) in [5, 5.41) is 18.7. The first-order valence-electron chi connectivity index (χ1n) is 13.5. The van der Waals surface area contributed by atoms with Gasteiger partial charge in [-0.1, -0.05) is 6.42 Å². The summed E-state index contributed by atoms with van der Waals surface area (Å²) in [7, 11) is 2.92. The largest absolute Gasteiger partial charge is 0.465 e. The molecule has 4 N–H and O–H groups in total. The minimum atomic E-state index is -1.52. The number of ether oxygens (including phenoxy) is 5. The van der Waals surface area contributed by atoms with E-state index in [1.54, 1.807) is 4.90 Å². The van der Waals surface area contributed by atoms with Crippen LogP contribution in [-0.2, 0) is 42.9 Å². The second-order valence-corrected chi connectivity index (χ2v) is 10.8. The average molecular weight is 593 g/mol. The normalized spacial score (nSPS) is 22.4. The number of carbonyl (C=O) groups is 4. The maximum atomic E-state index is 12.4. The van der Waals surface area contributed by atoms with E-state index in [-0.39, 0.29) is 25.7 Å². The van der Waals surface area contributed by atoms with Gasteiger partial charge in [-0.15, -0.1) is 0 Å². The zero-order valence-corrected chi connectivity index (χ0v) is 24.4. The van der Waals surface area contributed by atoms with Gasteiger partial charge in [0.15, 0.2) is 6.35 Å². The van der Waals surface area contributed by atoms with Gasteiger partial charge in [0, 0.05) is 56.6 Å². The van der Waals surface area contributed by atoms with E-state index in [9.17, 15) is 24.3 Å². The van der Waals surface area contributed by atoms with Crippen molar-refractivity contribution >= 4 is 35.5 Å². The quantitative estimate of drug-likeness (QED) is 0.0766. The monoisotopic (exact) mass is 592 g/mol. The lowest BCUT2D eigenvalue weighted by Gasteiger charge is -2.19. The summed E-state index contributed by atoms with van der Waals surface area (Å²) in [6.07, 6.45) is 2.02. The van der Waals surface area contributed by atoms with Gasteiger partial charge in [0.05, 0.1) is 33.5 Å². The molecule has 15 heteroatoms. The van der Waals surface area contributed by atoms with Crippen molar-refractivity contribution in [2.75, 3.05) is 66.1 Å². The molecule has 5 unspecified atom stereocenters. The number of rotatable bonds is 20. The number of unbranched alkanes of at least 4 members (excludes halogenated alkanes) is 1. The van der Waals surface area contributed by atoms with Crippen LogP contribution >= 0.6 is 11.8 Å². The van der Waals surface area contributed by atoms with Gasteiger partial charge in [0.1, 0.15) is 6.61 Å². The van der Waals surface area contributed by atoms with Crippen molar-refractivity contribution in [3.05, 3.63) is 0 Å². The van der Waals surface area contributed by atoms with E-state index in [1.165, 1.54) is 0 Å². The third kappa shape index (κ3) is 13.1. The second-order valence-electron chi connectivity index (χ2n) is 9.51. The maximum absolute atomic E-state index is 12.4. The number of aliphatic hydroxyl groups excluding tert-OH is 1.